The summed E-state index contributed by atoms with van der Waals surface area (Å²) in [6.07, 6.45) is 0. The lowest BCUT2D eigenvalue weighted by molar-refractivity contribution is 0.102. The number of carbonyl (C=O) groups is 1. The van der Waals surface area contributed by atoms with Gasteiger partial charge in [-0.1, -0.05) is 17.7 Å². The van der Waals surface area contributed by atoms with Crippen molar-refractivity contribution in [3.05, 3.63) is 53.1 Å². The van der Waals surface area contributed by atoms with Crippen LogP contribution in [0.1, 0.15) is 21.5 Å². The molecule has 0 aliphatic carbocycles. The van der Waals surface area contributed by atoms with Crippen LogP contribution in [0.5, 0.6) is 11.5 Å². The number of aryl methyl sites for hydroxylation is 2. The Bertz CT molecular complexity index is 665. The summed E-state index contributed by atoms with van der Waals surface area (Å²) in [6.45, 7) is 3.92. The van der Waals surface area contributed by atoms with E-state index in [9.17, 15) is 4.79 Å². The number of hydrogen-bond acceptors (Lipinski definition) is 3. The van der Waals surface area contributed by atoms with E-state index in [1.165, 1.54) is 0 Å². The van der Waals surface area contributed by atoms with Gasteiger partial charge in [-0.25, -0.2) is 0 Å². The zero-order chi connectivity index (χ0) is 15.4. The van der Waals surface area contributed by atoms with E-state index < -0.39 is 0 Å². The first-order valence-electron chi connectivity index (χ1n) is 6.65. The minimum Gasteiger partial charge on any atom is -0.497 e. The zero-order valence-corrected chi connectivity index (χ0v) is 12.7. The Labute approximate surface area is 124 Å². The molecule has 0 heterocycles. The highest BCUT2D eigenvalue weighted by molar-refractivity contribution is 6.06. The van der Waals surface area contributed by atoms with E-state index in [-0.39, 0.29) is 5.91 Å². The van der Waals surface area contributed by atoms with Crippen molar-refractivity contribution in [1.82, 2.24) is 0 Å². The molecule has 0 spiro atoms. The molecule has 0 atom stereocenters. The highest BCUT2D eigenvalue weighted by Crippen LogP contribution is 2.29. The fraction of sp³-hybridized carbons (Fsp3) is 0.235. The van der Waals surface area contributed by atoms with Gasteiger partial charge in [0.1, 0.15) is 11.5 Å². The molecular weight excluding hydrogens is 266 g/mol. The van der Waals surface area contributed by atoms with Crippen LogP contribution in [0.15, 0.2) is 36.4 Å². The molecule has 0 aliphatic heterocycles. The van der Waals surface area contributed by atoms with Crippen LogP contribution in [0, 0.1) is 13.8 Å². The van der Waals surface area contributed by atoms with E-state index in [0.717, 1.165) is 11.1 Å². The van der Waals surface area contributed by atoms with E-state index in [0.29, 0.717) is 22.7 Å². The first-order chi connectivity index (χ1) is 10.0. The molecule has 0 radical (unpaired) electrons. The van der Waals surface area contributed by atoms with Gasteiger partial charge in [0.25, 0.3) is 5.91 Å². The van der Waals surface area contributed by atoms with Crippen LogP contribution in [0.4, 0.5) is 5.69 Å². The van der Waals surface area contributed by atoms with Crippen LogP contribution in [-0.2, 0) is 0 Å². The number of rotatable bonds is 4. The molecule has 1 N–H and O–H groups in total. The van der Waals surface area contributed by atoms with E-state index in [2.05, 4.69) is 5.32 Å². The van der Waals surface area contributed by atoms with Crippen molar-refractivity contribution in [2.75, 3.05) is 19.5 Å². The van der Waals surface area contributed by atoms with Crippen molar-refractivity contribution in [3.8, 4) is 11.5 Å². The summed E-state index contributed by atoms with van der Waals surface area (Å²) < 4.78 is 10.4. The normalized spacial score (nSPS) is 10.1. The van der Waals surface area contributed by atoms with Crippen LogP contribution in [-0.4, -0.2) is 20.1 Å². The molecule has 2 aromatic rings. The number of benzene rings is 2. The maximum Gasteiger partial charge on any atom is 0.256 e. The SMILES string of the molecule is COc1ccc(OC)c(NC(=O)c2ccc(C)cc2C)c1. The molecular formula is C17H19NO3. The number of ether oxygens (including phenoxy) is 2. The molecule has 0 aliphatic rings. The van der Waals surface area contributed by atoms with Crippen molar-refractivity contribution in [2.24, 2.45) is 0 Å². The molecule has 0 aromatic heterocycles. The lowest BCUT2D eigenvalue weighted by Crippen LogP contribution is -2.14. The average Bonchev–Trinajstić information content (AvgIpc) is 2.46. The van der Waals surface area contributed by atoms with Gasteiger partial charge in [-0.05, 0) is 37.6 Å². The minimum absolute atomic E-state index is 0.168. The third kappa shape index (κ3) is 3.34. The first kappa shape index (κ1) is 14.9. The van der Waals surface area contributed by atoms with Crippen LogP contribution in [0.25, 0.3) is 0 Å². The van der Waals surface area contributed by atoms with Crippen molar-refractivity contribution >= 4 is 11.6 Å². The van der Waals surface area contributed by atoms with Gasteiger partial charge in [-0.2, -0.15) is 0 Å². The number of nitrogens with one attached hydrogen (secondary N) is 1. The quantitative estimate of drug-likeness (QED) is 0.934. The number of amides is 1. The zero-order valence-electron chi connectivity index (χ0n) is 12.7. The summed E-state index contributed by atoms with van der Waals surface area (Å²) in [6, 6.07) is 11.0. The number of anilines is 1. The monoisotopic (exact) mass is 285 g/mol. The molecule has 2 aromatic carbocycles. The van der Waals surface area contributed by atoms with Gasteiger partial charge in [0, 0.05) is 11.6 Å². The van der Waals surface area contributed by atoms with Gasteiger partial charge in [-0.3, -0.25) is 4.79 Å². The predicted molar refractivity (Wildman–Crippen MR) is 83.4 cm³/mol. The van der Waals surface area contributed by atoms with Crippen LogP contribution >= 0.6 is 0 Å². The summed E-state index contributed by atoms with van der Waals surface area (Å²) in [5.41, 5.74) is 3.30. The number of carbonyl (C=O) groups excluding carboxylic acids is 1. The summed E-state index contributed by atoms with van der Waals surface area (Å²) in [5.74, 6) is 1.08. The summed E-state index contributed by atoms with van der Waals surface area (Å²) >= 11 is 0. The second-order valence-corrected chi connectivity index (χ2v) is 4.84. The van der Waals surface area contributed by atoms with Crippen LogP contribution in [0.2, 0.25) is 0 Å². The predicted octanol–water partition coefficient (Wildman–Crippen LogP) is 3.57. The van der Waals surface area contributed by atoms with E-state index in [1.807, 2.05) is 32.0 Å². The molecule has 110 valence electrons. The second kappa shape index (κ2) is 6.31. The Hall–Kier alpha value is -2.49. The third-order valence-electron chi connectivity index (χ3n) is 3.28. The molecule has 1 amide bonds. The van der Waals surface area contributed by atoms with E-state index in [4.69, 9.17) is 9.47 Å². The lowest BCUT2D eigenvalue weighted by Gasteiger charge is -2.13. The summed E-state index contributed by atoms with van der Waals surface area (Å²) in [4.78, 5) is 12.4. The molecule has 0 saturated heterocycles. The smallest absolute Gasteiger partial charge is 0.256 e. The van der Waals surface area contributed by atoms with Crippen molar-refractivity contribution < 1.29 is 14.3 Å². The van der Waals surface area contributed by atoms with Crippen molar-refractivity contribution in [3.63, 3.8) is 0 Å². The summed E-state index contributed by atoms with van der Waals surface area (Å²) in [5, 5.41) is 2.87. The van der Waals surface area contributed by atoms with E-state index >= 15 is 0 Å². The van der Waals surface area contributed by atoms with Gasteiger partial charge in [-0.15, -0.1) is 0 Å². The number of methoxy groups -OCH3 is 2. The highest BCUT2D eigenvalue weighted by Gasteiger charge is 2.12. The molecule has 21 heavy (non-hydrogen) atoms. The topological polar surface area (TPSA) is 47.6 Å². The van der Waals surface area contributed by atoms with Crippen molar-refractivity contribution in [2.45, 2.75) is 13.8 Å². The van der Waals surface area contributed by atoms with Crippen LogP contribution in [0.3, 0.4) is 0 Å². The Morgan fingerprint density at radius 3 is 2.38 bits per heavy atom. The molecule has 0 bridgehead atoms. The molecule has 0 saturated carbocycles. The molecule has 0 fully saturated rings. The lowest BCUT2D eigenvalue weighted by atomic mass is 10.1. The Balaban J connectivity index is 2.30. The van der Waals surface area contributed by atoms with Gasteiger partial charge in [0.15, 0.2) is 0 Å². The van der Waals surface area contributed by atoms with Gasteiger partial charge < -0.3 is 14.8 Å². The average molecular weight is 285 g/mol. The maximum absolute atomic E-state index is 12.4. The fourth-order valence-corrected chi connectivity index (χ4v) is 2.17. The van der Waals surface area contributed by atoms with Gasteiger partial charge in [0.05, 0.1) is 19.9 Å². The maximum atomic E-state index is 12.4. The standard InChI is InChI=1S/C17H19NO3/c1-11-5-7-14(12(2)9-11)17(19)18-15-10-13(20-3)6-8-16(15)21-4/h5-10H,1-4H3,(H,18,19). The summed E-state index contributed by atoms with van der Waals surface area (Å²) in [7, 11) is 3.14. The Morgan fingerprint density at radius 2 is 1.76 bits per heavy atom. The molecule has 4 nitrogen and oxygen atoms in total. The second-order valence-electron chi connectivity index (χ2n) is 4.84. The largest absolute Gasteiger partial charge is 0.497 e. The Kier molecular flexibility index (Phi) is 4.48. The first-order valence-corrected chi connectivity index (χ1v) is 6.65. The number of hydrogen-bond donors (Lipinski definition) is 1. The van der Waals surface area contributed by atoms with E-state index in [1.54, 1.807) is 32.4 Å². The van der Waals surface area contributed by atoms with Gasteiger partial charge in [0.2, 0.25) is 0 Å². The minimum atomic E-state index is -0.168. The molecule has 2 rings (SSSR count). The highest BCUT2D eigenvalue weighted by atomic mass is 16.5. The molecule has 0 unspecified atom stereocenters. The third-order valence-corrected chi connectivity index (χ3v) is 3.28. The van der Waals surface area contributed by atoms with Crippen molar-refractivity contribution in [1.29, 1.82) is 0 Å². The fourth-order valence-electron chi connectivity index (χ4n) is 2.17. The Morgan fingerprint density at radius 1 is 1.00 bits per heavy atom. The van der Waals surface area contributed by atoms with Crippen LogP contribution < -0.4 is 14.8 Å². The van der Waals surface area contributed by atoms with Gasteiger partial charge >= 0.3 is 0 Å². The molecule has 4 heteroatoms.